The van der Waals surface area contributed by atoms with Gasteiger partial charge in [-0.25, -0.2) is 4.79 Å². The summed E-state index contributed by atoms with van der Waals surface area (Å²) >= 11 is 5.94. The number of hydrogen-bond acceptors (Lipinski definition) is 2. The van der Waals surface area contributed by atoms with Crippen molar-refractivity contribution >= 4 is 17.7 Å². The van der Waals surface area contributed by atoms with Crippen molar-refractivity contribution in [3.05, 3.63) is 10.6 Å². The molecule has 0 saturated carbocycles. The second kappa shape index (κ2) is 5.09. The van der Waals surface area contributed by atoms with Crippen molar-refractivity contribution in [2.45, 2.75) is 46.1 Å². The van der Waals surface area contributed by atoms with Gasteiger partial charge in [0.1, 0.15) is 5.60 Å². The molecule has 0 aromatic carbocycles. The topological polar surface area (TPSA) is 29.5 Å². The van der Waals surface area contributed by atoms with Gasteiger partial charge in [0, 0.05) is 18.1 Å². The molecule has 16 heavy (non-hydrogen) atoms. The fourth-order valence-electron chi connectivity index (χ4n) is 1.63. The summed E-state index contributed by atoms with van der Waals surface area (Å²) in [4.78, 5) is 13.5. The van der Waals surface area contributed by atoms with Gasteiger partial charge in [-0.3, -0.25) is 0 Å². The Balaban J connectivity index is 2.49. The van der Waals surface area contributed by atoms with Gasteiger partial charge in [-0.1, -0.05) is 17.2 Å². The molecule has 1 aliphatic rings. The molecule has 0 aromatic heterocycles. The largest absolute Gasteiger partial charge is 0.444 e. The lowest BCUT2D eigenvalue weighted by atomic mass is 10.0. The normalized spacial score (nSPS) is 17.3. The van der Waals surface area contributed by atoms with E-state index in [9.17, 15) is 4.79 Å². The lowest BCUT2D eigenvalue weighted by Gasteiger charge is -2.31. The Labute approximate surface area is 102 Å². The second-order valence-corrected chi connectivity index (χ2v) is 5.67. The highest BCUT2D eigenvalue weighted by atomic mass is 35.5. The number of piperidine rings is 1. The number of ether oxygens (including phenoxy) is 1. The molecule has 1 heterocycles. The molecule has 1 aliphatic heterocycles. The lowest BCUT2D eigenvalue weighted by Crippen LogP contribution is -2.40. The number of carbonyl (C=O) groups excluding carboxylic acids is 1. The Morgan fingerprint density at radius 2 is 1.81 bits per heavy atom. The standard InChI is InChI=1S/C12H20ClNO2/c1-9(13)10-5-7-14(8-6-10)11(15)16-12(2,3)4/h5-8H2,1-4H3. The van der Waals surface area contributed by atoms with E-state index in [1.807, 2.05) is 27.7 Å². The SMILES string of the molecule is CC(Cl)=C1CCN(C(=O)OC(C)(C)C)CC1. The number of halogens is 1. The first-order valence-corrected chi connectivity index (χ1v) is 5.99. The molecule has 1 saturated heterocycles. The van der Waals surface area contributed by atoms with Crippen LogP contribution in [0.25, 0.3) is 0 Å². The highest BCUT2D eigenvalue weighted by molar-refractivity contribution is 6.29. The Hall–Kier alpha value is -0.700. The van der Waals surface area contributed by atoms with Gasteiger partial charge >= 0.3 is 6.09 Å². The predicted octanol–water partition coefficient (Wildman–Crippen LogP) is 3.53. The average molecular weight is 246 g/mol. The summed E-state index contributed by atoms with van der Waals surface area (Å²) in [6.07, 6.45) is 1.49. The molecular formula is C12H20ClNO2. The van der Waals surface area contributed by atoms with Crippen LogP contribution in [-0.4, -0.2) is 29.7 Å². The molecular weight excluding hydrogens is 226 g/mol. The molecule has 0 unspecified atom stereocenters. The summed E-state index contributed by atoms with van der Waals surface area (Å²) in [7, 11) is 0. The summed E-state index contributed by atoms with van der Waals surface area (Å²) in [6.45, 7) is 8.94. The van der Waals surface area contributed by atoms with Crippen LogP contribution in [0.2, 0.25) is 0 Å². The van der Waals surface area contributed by atoms with Gasteiger partial charge in [0.25, 0.3) is 0 Å². The molecule has 0 bridgehead atoms. The molecule has 0 aromatic rings. The van der Waals surface area contributed by atoms with Gasteiger partial charge in [0.05, 0.1) is 0 Å². The molecule has 0 radical (unpaired) electrons. The highest BCUT2D eigenvalue weighted by Gasteiger charge is 2.24. The number of nitrogens with zero attached hydrogens (tertiary/aromatic N) is 1. The van der Waals surface area contributed by atoms with Crippen molar-refractivity contribution < 1.29 is 9.53 Å². The number of rotatable bonds is 0. The average Bonchev–Trinajstić information content (AvgIpc) is 2.15. The van der Waals surface area contributed by atoms with E-state index in [2.05, 4.69) is 0 Å². The molecule has 92 valence electrons. The van der Waals surface area contributed by atoms with Crippen LogP contribution in [0.4, 0.5) is 4.79 Å². The van der Waals surface area contributed by atoms with Crippen LogP contribution in [0.1, 0.15) is 40.5 Å². The van der Waals surface area contributed by atoms with Crippen LogP contribution in [0, 0.1) is 0 Å². The van der Waals surface area contributed by atoms with Crippen molar-refractivity contribution in [2.24, 2.45) is 0 Å². The quantitative estimate of drug-likeness (QED) is 0.654. The maximum Gasteiger partial charge on any atom is 0.410 e. The first kappa shape index (κ1) is 13.4. The van der Waals surface area contributed by atoms with E-state index in [1.54, 1.807) is 4.90 Å². The molecule has 0 N–H and O–H groups in total. The predicted molar refractivity (Wildman–Crippen MR) is 65.6 cm³/mol. The van der Waals surface area contributed by atoms with Crippen molar-refractivity contribution in [1.29, 1.82) is 0 Å². The first-order chi connectivity index (χ1) is 7.29. The minimum atomic E-state index is -0.421. The maximum atomic E-state index is 11.7. The van der Waals surface area contributed by atoms with E-state index in [-0.39, 0.29) is 6.09 Å². The Kier molecular flexibility index (Phi) is 4.25. The van der Waals surface area contributed by atoms with E-state index in [1.165, 1.54) is 5.57 Å². The summed E-state index contributed by atoms with van der Waals surface area (Å²) in [5, 5.41) is 0.865. The van der Waals surface area contributed by atoms with Gasteiger partial charge in [-0.05, 0) is 40.5 Å². The monoisotopic (exact) mass is 245 g/mol. The van der Waals surface area contributed by atoms with E-state index in [0.717, 1.165) is 17.9 Å². The number of hydrogen-bond donors (Lipinski definition) is 0. The van der Waals surface area contributed by atoms with Crippen molar-refractivity contribution in [1.82, 2.24) is 4.90 Å². The zero-order valence-corrected chi connectivity index (χ0v) is 11.2. The number of carbonyl (C=O) groups is 1. The summed E-state index contributed by atoms with van der Waals surface area (Å²) in [5.74, 6) is 0. The van der Waals surface area contributed by atoms with Crippen molar-refractivity contribution in [2.75, 3.05) is 13.1 Å². The van der Waals surface area contributed by atoms with E-state index >= 15 is 0 Å². The third kappa shape index (κ3) is 4.05. The summed E-state index contributed by atoms with van der Waals surface area (Å²) in [5.41, 5.74) is 0.830. The minimum absolute atomic E-state index is 0.223. The molecule has 0 atom stereocenters. The third-order valence-electron chi connectivity index (χ3n) is 2.51. The third-order valence-corrected chi connectivity index (χ3v) is 2.77. The second-order valence-electron chi connectivity index (χ2n) is 5.10. The Bertz CT molecular complexity index is 291. The zero-order valence-electron chi connectivity index (χ0n) is 10.5. The number of allylic oxidation sites excluding steroid dienone is 1. The maximum absolute atomic E-state index is 11.7. The first-order valence-electron chi connectivity index (χ1n) is 5.61. The molecule has 3 nitrogen and oxygen atoms in total. The molecule has 0 aliphatic carbocycles. The number of likely N-dealkylation sites (tertiary alicyclic amines) is 1. The number of amides is 1. The van der Waals surface area contributed by atoms with E-state index in [4.69, 9.17) is 16.3 Å². The fourth-order valence-corrected chi connectivity index (χ4v) is 1.82. The van der Waals surface area contributed by atoms with Gasteiger partial charge < -0.3 is 9.64 Å². The molecule has 1 fully saturated rings. The Morgan fingerprint density at radius 1 is 1.31 bits per heavy atom. The summed E-state index contributed by atoms with van der Waals surface area (Å²) in [6, 6.07) is 0. The minimum Gasteiger partial charge on any atom is -0.444 e. The lowest BCUT2D eigenvalue weighted by molar-refractivity contribution is 0.0236. The smallest absolute Gasteiger partial charge is 0.410 e. The van der Waals surface area contributed by atoms with Crippen LogP contribution in [0.15, 0.2) is 10.6 Å². The van der Waals surface area contributed by atoms with Crippen LogP contribution in [0.5, 0.6) is 0 Å². The summed E-state index contributed by atoms with van der Waals surface area (Å²) < 4.78 is 5.31. The van der Waals surface area contributed by atoms with E-state index in [0.29, 0.717) is 13.1 Å². The molecule has 1 amide bonds. The zero-order chi connectivity index (χ0) is 12.3. The van der Waals surface area contributed by atoms with Gasteiger partial charge in [0.2, 0.25) is 0 Å². The van der Waals surface area contributed by atoms with Crippen LogP contribution < -0.4 is 0 Å². The van der Waals surface area contributed by atoms with Crippen LogP contribution in [-0.2, 0) is 4.74 Å². The van der Waals surface area contributed by atoms with Crippen molar-refractivity contribution in [3.63, 3.8) is 0 Å². The van der Waals surface area contributed by atoms with Crippen LogP contribution in [0.3, 0.4) is 0 Å². The van der Waals surface area contributed by atoms with Gasteiger partial charge in [-0.2, -0.15) is 0 Å². The van der Waals surface area contributed by atoms with Gasteiger partial charge in [0.15, 0.2) is 0 Å². The van der Waals surface area contributed by atoms with Crippen LogP contribution >= 0.6 is 11.6 Å². The Morgan fingerprint density at radius 3 is 2.19 bits per heavy atom. The fraction of sp³-hybridized carbons (Fsp3) is 0.750. The highest BCUT2D eigenvalue weighted by Crippen LogP contribution is 2.23. The van der Waals surface area contributed by atoms with Gasteiger partial charge in [-0.15, -0.1) is 0 Å². The molecule has 0 spiro atoms. The van der Waals surface area contributed by atoms with Crippen molar-refractivity contribution in [3.8, 4) is 0 Å². The molecule has 1 rings (SSSR count). The van der Waals surface area contributed by atoms with E-state index < -0.39 is 5.60 Å². The molecule has 4 heteroatoms.